The van der Waals surface area contributed by atoms with E-state index in [1.807, 2.05) is 13.1 Å². The van der Waals surface area contributed by atoms with Crippen LogP contribution in [0.2, 0.25) is 0 Å². The quantitative estimate of drug-likeness (QED) is 0.532. The van der Waals surface area contributed by atoms with Gasteiger partial charge in [-0.25, -0.2) is 18.8 Å². The van der Waals surface area contributed by atoms with Crippen LogP contribution in [0, 0.1) is 11.6 Å². The van der Waals surface area contributed by atoms with E-state index in [1.165, 1.54) is 23.1 Å². The molecule has 0 fully saturated rings. The van der Waals surface area contributed by atoms with Crippen molar-refractivity contribution >= 4 is 17.3 Å². The van der Waals surface area contributed by atoms with Gasteiger partial charge in [-0.15, -0.1) is 11.3 Å². The SMILES string of the molecule is CCNC(=NCc1ncc(CC)s1)NCC(c1c(F)cccc1F)N(C)C. The van der Waals surface area contributed by atoms with Crippen molar-refractivity contribution in [1.29, 1.82) is 0 Å². The van der Waals surface area contributed by atoms with E-state index in [2.05, 4.69) is 27.5 Å². The lowest BCUT2D eigenvalue weighted by Crippen LogP contribution is -2.42. The minimum Gasteiger partial charge on any atom is -0.357 e. The van der Waals surface area contributed by atoms with Crippen molar-refractivity contribution in [2.24, 2.45) is 4.99 Å². The fourth-order valence-corrected chi connectivity index (χ4v) is 3.43. The van der Waals surface area contributed by atoms with Crippen molar-refractivity contribution < 1.29 is 8.78 Å². The van der Waals surface area contributed by atoms with Gasteiger partial charge in [-0.3, -0.25) is 0 Å². The van der Waals surface area contributed by atoms with E-state index in [9.17, 15) is 8.78 Å². The van der Waals surface area contributed by atoms with E-state index < -0.39 is 17.7 Å². The zero-order chi connectivity index (χ0) is 19.8. The zero-order valence-corrected chi connectivity index (χ0v) is 17.0. The van der Waals surface area contributed by atoms with Crippen molar-refractivity contribution in [2.45, 2.75) is 32.9 Å². The summed E-state index contributed by atoms with van der Waals surface area (Å²) in [5.74, 6) is -0.506. The molecule has 1 heterocycles. The van der Waals surface area contributed by atoms with E-state index in [-0.39, 0.29) is 5.56 Å². The predicted octanol–water partition coefficient (Wildman–Crippen LogP) is 3.34. The molecule has 2 N–H and O–H groups in total. The molecule has 8 heteroatoms. The van der Waals surface area contributed by atoms with Gasteiger partial charge in [0.05, 0.1) is 12.6 Å². The van der Waals surface area contributed by atoms with E-state index in [4.69, 9.17) is 0 Å². The number of rotatable bonds is 8. The monoisotopic (exact) mass is 395 g/mol. The average Bonchev–Trinajstić information content (AvgIpc) is 3.09. The van der Waals surface area contributed by atoms with E-state index in [0.717, 1.165) is 11.4 Å². The Bertz CT molecular complexity index is 740. The molecule has 148 valence electrons. The second kappa shape index (κ2) is 10.3. The molecule has 2 rings (SSSR count). The first-order chi connectivity index (χ1) is 13.0. The summed E-state index contributed by atoms with van der Waals surface area (Å²) in [5.41, 5.74) is 0.0540. The maximum atomic E-state index is 14.2. The third kappa shape index (κ3) is 5.97. The van der Waals surface area contributed by atoms with E-state index >= 15 is 0 Å². The van der Waals surface area contributed by atoms with Crippen LogP contribution in [-0.4, -0.2) is 43.0 Å². The fourth-order valence-electron chi connectivity index (χ4n) is 2.64. The molecule has 27 heavy (non-hydrogen) atoms. The van der Waals surface area contributed by atoms with Crippen LogP contribution < -0.4 is 10.6 Å². The third-order valence-corrected chi connectivity index (χ3v) is 5.21. The summed E-state index contributed by atoms with van der Waals surface area (Å²) in [6, 6.07) is 3.46. The van der Waals surface area contributed by atoms with Gasteiger partial charge in [-0.05, 0) is 39.6 Å². The Morgan fingerprint density at radius 3 is 2.48 bits per heavy atom. The number of hydrogen-bond acceptors (Lipinski definition) is 4. The van der Waals surface area contributed by atoms with Gasteiger partial charge < -0.3 is 15.5 Å². The second-order valence-corrected chi connectivity index (χ2v) is 7.46. The Labute approximate surface area is 163 Å². The number of nitrogens with zero attached hydrogens (tertiary/aromatic N) is 3. The molecule has 1 atom stereocenters. The van der Waals surface area contributed by atoms with Gasteiger partial charge in [0.1, 0.15) is 16.6 Å². The first-order valence-corrected chi connectivity index (χ1v) is 9.84. The molecule has 0 aliphatic rings. The Kier molecular flexibility index (Phi) is 8.12. The minimum absolute atomic E-state index is 0.0540. The van der Waals surface area contributed by atoms with Crippen LogP contribution in [0.1, 0.15) is 35.3 Å². The van der Waals surface area contributed by atoms with Crippen molar-refractivity contribution in [3.63, 3.8) is 0 Å². The average molecular weight is 396 g/mol. The topological polar surface area (TPSA) is 52.6 Å². The maximum Gasteiger partial charge on any atom is 0.191 e. The van der Waals surface area contributed by atoms with Crippen molar-refractivity contribution in [1.82, 2.24) is 20.5 Å². The lowest BCUT2D eigenvalue weighted by molar-refractivity contribution is 0.282. The molecule has 0 amide bonds. The Morgan fingerprint density at radius 1 is 1.22 bits per heavy atom. The standard InChI is InChI=1S/C19H27F2N5S/c1-5-13-10-23-17(27-13)12-25-19(22-6-2)24-11-16(26(3)4)18-14(20)8-7-9-15(18)21/h7-10,16H,5-6,11-12H2,1-4H3,(H2,22,24,25). The number of likely N-dealkylation sites (N-methyl/N-ethyl adjacent to an activating group) is 1. The molecule has 0 aliphatic carbocycles. The molecule has 1 unspecified atom stereocenters. The Morgan fingerprint density at radius 2 is 1.93 bits per heavy atom. The van der Waals surface area contributed by atoms with Gasteiger partial charge in [-0.2, -0.15) is 0 Å². The van der Waals surface area contributed by atoms with Crippen LogP contribution >= 0.6 is 11.3 Å². The molecule has 0 bridgehead atoms. The van der Waals surface area contributed by atoms with Gasteiger partial charge in [-0.1, -0.05) is 13.0 Å². The predicted molar refractivity (Wildman–Crippen MR) is 107 cm³/mol. The molecule has 0 spiro atoms. The van der Waals surface area contributed by atoms with Crippen LogP contribution in [0.3, 0.4) is 0 Å². The summed E-state index contributed by atoms with van der Waals surface area (Å²) < 4.78 is 28.4. The second-order valence-electron chi connectivity index (χ2n) is 6.26. The maximum absolute atomic E-state index is 14.2. The van der Waals surface area contributed by atoms with Crippen LogP contribution in [-0.2, 0) is 13.0 Å². The molecule has 1 aromatic carbocycles. The summed E-state index contributed by atoms with van der Waals surface area (Å²) in [7, 11) is 3.59. The first kappa shape index (κ1) is 21.2. The highest BCUT2D eigenvalue weighted by molar-refractivity contribution is 7.11. The zero-order valence-electron chi connectivity index (χ0n) is 16.2. The van der Waals surface area contributed by atoms with Gasteiger partial charge >= 0.3 is 0 Å². The van der Waals surface area contributed by atoms with Crippen LogP contribution in [0.4, 0.5) is 8.78 Å². The number of halogens is 2. The molecular formula is C19H27F2N5S. The number of aryl methyl sites for hydroxylation is 1. The van der Waals surface area contributed by atoms with Crippen LogP contribution in [0.15, 0.2) is 29.4 Å². The molecule has 0 radical (unpaired) electrons. The van der Waals surface area contributed by atoms with Crippen molar-refractivity contribution in [2.75, 3.05) is 27.2 Å². The highest BCUT2D eigenvalue weighted by Gasteiger charge is 2.22. The molecule has 0 saturated heterocycles. The van der Waals surface area contributed by atoms with Crippen LogP contribution in [0.5, 0.6) is 0 Å². The number of nitrogens with one attached hydrogen (secondary N) is 2. The Balaban J connectivity index is 2.10. The number of benzene rings is 1. The summed E-state index contributed by atoms with van der Waals surface area (Å²) in [4.78, 5) is 11.9. The van der Waals surface area contributed by atoms with Gasteiger partial charge in [0.2, 0.25) is 0 Å². The molecule has 1 aromatic heterocycles. The summed E-state index contributed by atoms with van der Waals surface area (Å²) in [6.45, 7) is 5.52. The molecule has 0 aliphatic heterocycles. The summed E-state index contributed by atoms with van der Waals surface area (Å²) in [6.07, 6.45) is 2.83. The lowest BCUT2D eigenvalue weighted by Gasteiger charge is -2.26. The number of hydrogen-bond donors (Lipinski definition) is 2. The van der Waals surface area contributed by atoms with Gasteiger partial charge in [0.25, 0.3) is 0 Å². The van der Waals surface area contributed by atoms with E-state index in [1.54, 1.807) is 30.3 Å². The third-order valence-electron chi connectivity index (χ3n) is 4.09. The normalized spacial score (nSPS) is 13.1. The van der Waals surface area contributed by atoms with Gasteiger partial charge in [0.15, 0.2) is 5.96 Å². The lowest BCUT2D eigenvalue weighted by atomic mass is 10.0. The molecular weight excluding hydrogens is 368 g/mol. The summed E-state index contributed by atoms with van der Waals surface area (Å²) in [5, 5.41) is 7.28. The number of aliphatic imine (C=N–C) groups is 1. The van der Waals surface area contributed by atoms with Gasteiger partial charge in [0, 0.05) is 29.7 Å². The number of aromatic nitrogens is 1. The summed E-state index contributed by atoms with van der Waals surface area (Å²) >= 11 is 1.64. The molecule has 2 aromatic rings. The highest BCUT2D eigenvalue weighted by atomic mass is 32.1. The molecule has 0 saturated carbocycles. The molecule has 5 nitrogen and oxygen atoms in total. The smallest absolute Gasteiger partial charge is 0.191 e. The number of thiazole rings is 1. The number of guanidine groups is 1. The van der Waals surface area contributed by atoms with Crippen molar-refractivity contribution in [3.8, 4) is 0 Å². The largest absolute Gasteiger partial charge is 0.357 e. The fraction of sp³-hybridized carbons (Fsp3) is 0.474. The van der Waals surface area contributed by atoms with Crippen LogP contribution in [0.25, 0.3) is 0 Å². The minimum atomic E-state index is -0.549. The first-order valence-electron chi connectivity index (χ1n) is 9.02. The highest BCUT2D eigenvalue weighted by Crippen LogP contribution is 2.23. The Hall–Kier alpha value is -2.06. The van der Waals surface area contributed by atoms with E-state index in [0.29, 0.717) is 25.6 Å². The van der Waals surface area contributed by atoms with Crippen molar-refractivity contribution in [3.05, 3.63) is 51.5 Å².